The van der Waals surface area contributed by atoms with Gasteiger partial charge < -0.3 is 29.2 Å². The number of carbonyl (C=O) groups excluding carboxylic acids is 2. The summed E-state index contributed by atoms with van der Waals surface area (Å²) in [6, 6.07) is 0. The second kappa shape index (κ2) is 11.8. The smallest absolute Gasteiger partial charge is 0.330 e. The summed E-state index contributed by atoms with van der Waals surface area (Å²) >= 11 is 0. The van der Waals surface area contributed by atoms with Crippen molar-refractivity contribution in [2.24, 2.45) is 5.92 Å². The van der Waals surface area contributed by atoms with Crippen molar-refractivity contribution >= 4 is 11.9 Å². The lowest BCUT2D eigenvalue weighted by Gasteiger charge is -2.44. The van der Waals surface area contributed by atoms with Gasteiger partial charge in [0, 0.05) is 18.8 Å². The van der Waals surface area contributed by atoms with Crippen molar-refractivity contribution in [1.82, 2.24) is 0 Å². The van der Waals surface area contributed by atoms with Crippen LogP contribution in [0.15, 0.2) is 25.3 Å². The highest BCUT2D eigenvalue weighted by atomic mass is 16.6. The molecule has 8 heteroatoms. The lowest BCUT2D eigenvalue weighted by atomic mass is 9.76. The number of esters is 2. The van der Waals surface area contributed by atoms with Crippen LogP contribution < -0.4 is 0 Å². The maximum absolute atomic E-state index is 11.9. The molecule has 3 atom stereocenters. The van der Waals surface area contributed by atoms with Crippen LogP contribution >= 0.6 is 0 Å². The van der Waals surface area contributed by atoms with Gasteiger partial charge >= 0.3 is 11.9 Å². The van der Waals surface area contributed by atoms with Crippen LogP contribution in [-0.4, -0.2) is 73.5 Å². The lowest BCUT2D eigenvalue weighted by molar-refractivity contribution is -0.205. The van der Waals surface area contributed by atoms with Gasteiger partial charge in [0.25, 0.3) is 0 Å². The summed E-state index contributed by atoms with van der Waals surface area (Å²) in [7, 11) is 0. The number of hydrogen-bond acceptors (Lipinski definition) is 8. The number of aliphatic hydroxyl groups excluding tert-OH is 2. The Kier molecular flexibility index (Phi) is 10.1. The summed E-state index contributed by atoms with van der Waals surface area (Å²) in [6.07, 6.45) is 2.77. The van der Waals surface area contributed by atoms with Gasteiger partial charge in [-0.1, -0.05) is 13.2 Å². The van der Waals surface area contributed by atoms with Gasteiger partial charge in [0.1, 0.15) is 6.10 Å². The van der Waals surface area contributed by atoms with Crippen LogP contribution in [0.25, 0.3) is 0 Å². The quantitative estimate of drug-likeness (QED) is 0.287. The first-order valence-corrected chi connectivity index (χ1v) is 8.57. The van der Waals surface area contributed by atoms with E-state index in [0.717, 1.165) is 12.2 Å². The average molecular weight is 372 g/mol. The fourth-order valence-corrected chi connectivity index (χ4v) is 2.92. The van der Waals surface area contributed by atoms with Crippen LogP contribution in [0.3, 0.4) is 0 Å². The third-order valence-corrected chi connectivity index (χ3v) is 4.18. The Morgan fingerprint density at radius 1 is 1.08 bits per heavy atom. The molecule has 148 valence electrons. The molecule has 3 unspecified atom stereocenters. The van der Waals surface area contributed by atoms with Crippen molar-refractivity contribution in [3.63, 3.8) is 0 Å². The van der Waals surface area contributed by atoms with Crippen molar-refractivity contribution in [3.05, 3.63) is 25.3 Å². The topological polar surface area (TPSA) is 112 Å². The summed E-state index contributed by atoms with van der Waals surface area (Å²) < 4.78 is 21.8. The van der Waals surface area contributed by atoms with Crippen LogP contribution in [0.4, 0.5) is 0 Å². The highest BCUT2D eigenvalue weighted by Gasteiger charge is 2.49. The van der Waals surface area contributed by atoms with E-state index >= 15 is 0 Å². The summed E-state index contributed by atoms with van der Waals surface area (Å²) in [5, 5.41) is 17.8. The van der Waals surface area contributed by atoms with E-state index in [0.29, 0.717) is 25.9 Å². The van der Waals surface area contributed by atoms with Gasteiger partial charge in [-0.3, -0.25) is 0 Å². The number of aliphatic hydroxyl groups is 2. The normalized spacial score (nSPS) is 25.3. The van der Waals surface area contributed by atoms with Crippen LogP contribution in [0, 0.1) is 5.92 Å². The Balaban J connectivity index is 2.95. The van der Waals surface area contributed by atoms with E-state index in [4.69, 9.17) is 29.2 Å². The molecule has 0 heterocycles. The minimum atomic E-state index is -1.17. The zero-order valence-electron chi connectivity index (χ0n) is 14.9. The van der Waals surface area contributed by atoms with Gasteiger partial charge in [-0.2, -0.15) is 0 Å². The van der Waals surface area contributed by atoms with Crippen LogP contribution in [-0.2, 0) is 28.5 Å². The molecule has 0 amide bonds. The van der Waals surface area contributed by atoms with E-state index in [2.05, 4.69) is 13.2 Å². The predicted octanol–water partition coefficient (Wildman–Crippen LogP) is 0.370. The number of hydrogen-bond donors (Lipinski definition) is 2. The van der Waals surface area contributed by atoms with Crippen LogP contribution in [0.5, 0.6) is 0 Å². The van der Waals surface area contributed by atoms with E-state index in [1.807, 2.05) is 0 Å². The van der Waals surface area contributed by atoms with Gasteiger partial charge in [-0.15, -0.1) is 0 Å². The second-order valence-electron chi connectivity index (χ2n) is 6.03. The Morgan fingerprint density at radius 2 is 1.73 bits per heavy atom. The monoisotopic (exact) mass is 372 g/mol. The van der Waals surface area contributed by atoms with Gasteiger partial charge in [-0.25, -0.2) is 9.59 Å². The van der Waals surface area contributed by atoms with E-state index in [1.165, 1.54) is 0 Å². The molecule has 1 aliphatic rings. The zero-order chi connectivity index (χ0) is 19.4. The first-order chi connectivity index (χ1) is 12.5. The van der Waals surface area contributed by atoms with E-state index in [-0.39, 0.29) is 39.0 Å². The molecule has 0 bridgehead atoms. The van der Waals surface area contributed by atoms with Gasteiger partial charge in [-0.05, 0) is 25.2 Å². The van der Waals surface area contributed by atoms with E-state index in [1.54, 1.807) is 0 Å². The second-order valence-corrected chi connectivity index (χ2v) is 6.03. The Labute approximate surface area is 153 Å². The molecule has 0 aliphatic heterocycles. The average Bonchev–Trinajstić information content (AvgIpc) is 2.64. The molecule has 2 N–H and O–H groups in total. The lowest BCUT2D eigenvalue weighted by Crippen LogP contribution is -2.55. The van der Waals surface area contributed by atoms with E-state index < -0.39 is 23.6 Å². The molecule has 1 rings (SSSR count). The van der Waals surface area contributed by atoms with Gasteiger partial charge in [0.2, 0.25) is 0 Å². The Hall–Kier alpha value is -1.74. The maximum atomic E-state index is 11.9. The molecule has 0 radical (unpaired) electrons. The summed E-state index contributed by atoms with van der Waals surface area (Å²) in [6.45, 7) is 7.20. The molecule has 0 aromatic rings. The molecule has 8 nitrogen and oxygen atoms in total. The Morgan fingerprint density at radius 3 is 2.35 bits per heavy atom. The van der Waals surface area contributed by atoms with E-state index in [9.17, 15) is 9.59 Å². The predicted molar refractivity (Wildman–Crippen MR) is 92.2 cm³/mol. The summed E-state index contributed by atoms with van der Waals surface area (Å²) in [5.74, 6) is -1.21. The van der Waals surface area contributed by atoms with Gasteiger partial charge in [0.05, 0.1) is 33.0 Å². The molecule has 0 spiro atoms. The maximum Gasteiger partial charge on any atom is 0.330 e. The summed E-state index contributed by atoms with van der Waals surface area (Å²) in [4.78, 5) is 23.6. The largest absolute Gasteiger partial charge is 0.455 e. The Bertz CT molecular complexity index is 478. The van der Waals surface area contributed by atoms with Crippen LogP contribution in [0.1, 0.15) is 19.3 Å². The molecule has 1 fully saturated rings. The molecule has 26 heavy (non-hydrogen) atoms. The van der Waals surface area contributed by atoms with Crippen LogP contribution in [0.2, 0.25) is 0 Å². The molecule has 0 saturated heterocycles. The SMILES string of the molecule is C=CC(=O)OC1CC(COCCO)CCC1(COCCO)OC(=O)C=C. The number of ether oxygens (including phenoxy) is 4. The fourth-order valence-electron chi connectivity index (χ4n) is 2.92. The molecular weight excluding hydrogens is 344 g/mol. The minimum Gasteiger partial charge on any atom is -0.455 e. The number of rotatable bonds is 12. The highest BCUT2D eigenvalue weighted by molar-refractivity contribution is 5.82. The third kappa shape index (κ3) is 6.87. The van der Waals surface area contributed by atoms with Crippen molar-refractivity contribution < 1.29 is 38.7 Å². The standard InChI is InChI=1S/C18H28O8/c1-3-16(21)25-15-11-14(12-23-9-7-19)5-6-18(15,13-24-10-8-20)26-17(22)4-2/h3-4,14-15,19-20H,1-2,5-13H2. The first-order valence-electron chi connectivity index (χ1n) is 8.57. The van der Waals surface area contributed by atoms with Gasteiger partial charge in [0.15, 0.2) is 5.60 Å². The minimum absolute atomic E-state index is 0.0214. The molecule has 0 aromatic heterocycles. The molecule has 1 aliphatic carbocycles. The number of carbonyl (C=O) groups is 2. The van der Waals surface area contributed by atoms with Crippen molar-refractivity contribution in [1.29, 1.82) is 0 Å². The van der Waals surface area contributed by atoms with Crippen molar-refractivity contribution in [2.45, 2.75) is 31.0 Å². The van der Waals surface area contributed by atoms with Crippen molar-refractivity contribution in [2.75, 3.05) is 39.6 Å². The first kappa shape index (κ1) is 22.3. The highest BCUT2D eigenvalue weighted by Crippen LogP contribution is 2.38. The molecular formula is C18H28O8. The zero-order valence-corrected chi connectivity index (χ0v) is 14.9. The molecule has 1 saturated carbocycles. The third-order valence-electron chi connectivity index (χ3n) is 4.18. The summed E-state index contributed by atoms with van der Waals surface area (Å²) in [5.41, 5.74) is -1.17. The fraction of sp³-hybridized carbons (Fsp3) is 0.667. The van der Waals surface area contributed by atoms with Crippen molar-refractivity contribution in [3.8, 4) is 0 Å². The molecule has 0 aromatic carbocycles.